The van der Waals surface area contributed by atoms with Gasteiger partial charge in [-0.25, -0.2) is 4.98 Å². The third-order valence-electron chi connectivity index (χ3n) is 3.65. The highest BCUT2D eigenvalue weighted by molar-refractivity contribution is 5.90. The number of ether oxygens (including phenoxy) is 2. The number of para-hydroxylation sites is 1. The van der Waals surface area contributed by atoms with Crippen molar-refractivity contribution in [2.24, 2.45) is 0 Å². The molecule has 2 aromatic carbocycles. The van der Waals surface area contributed by atoms with E-state index < -0.39 is 0 Å². The van der Waals surface area contributed by atoms with Gasteiger partial charge in [0.05, 0.1) is 5.52 Å². The molecule has 6 heteroatoms. The maximum Gasteiger partial charge on any atom is 0.231 e. The highest BCUT2D eigenvalue weighted by Gasteiger charge is 2.14. The molecule has 0 saturated carbocycles. The lowest BCUT2D eigenvalue weighted by atomic mass is 10.2. The number of nitrogens with one attached hydrogen (secondary N) is 2. The molecule has 1 aliphatic rings. The van der Waals surface area contributed by atoms with E-state index in [1.54, 1.807) is 6.08 Å². The van der Waals surface area contributed by atoms with Gasteiger partial charge in [-0.3, -0.25) is 0 Å². The third kappa shape index (κ3) is 2.69. The number of anilines is 3. The molecule has 1 aromatic heterocycles. The van der Waals surface area contributed by atoms with Gasteiger partial charge in [0.25, 0.3) is 0 Å². The number of benzene rings is 2. The van der Waals surface area contributed by atoms with E-state index in [0.29, 0.717) is 18.2 Å². The third-order valence-corrected chi connectivity index (χ3v) is 3.65. The van der Waals surface area contributed by atoms with Crippen LogP contribution in [0.4, 0.5) is 17.5 Å². The Bertz CT molecular complexity index is 911. The van der Waals surface area contributed by atoms with Gasteiger partial charge in [0, 0.05) is 23.7 Å². The maximum atomic E-state index is 5.40. The van der Waals surface area contributed by atoms with Crippen molar-refractivity contribution in [2.75, 3.05) is 24.0 Å². The van der Waals surface area contributed by atoms with Crippen LogP contribution in [-0.4, -0.2) is 23.3 Å². The molecular weight excluding hydrogens is 304 g/mol. The number of hydrogen-bond donors (Lipinski definition) is 2. The van der Waals surface area contributed by atoms with Gasteiger partial charge in [-0.1, -0.05) is 18.2 Å². The van der Waals surface area contributed by atoms with Crippen molar-refractivity contribution in [3.63, 3.8) is 0 Å². The quantitative estimate of drug-likeness (QED) is 0.699. The molecular formula is C18H16N4O2. The number of fused-ring (bicyclic) bond motifs is 2. The van der Waals surface area contributed by atoms with Gasteiger partial charge in [-0.05, 0) is 24.3 Å². The van der Waals surface area contributed by atoms with E-state index in [1.165, 1.54) is 0 Å². The molecule has 1 aliphatic heterocycles. The van der Waals surface area contributed by atoms with Crippen LogP contribution in [0.1, 0.15) is 0 Å². The minimum Gasteiger partial charge on any atom is -0.454 e. The zero-order valence-electron chi connectivity index (χ0n) is 13.0. The van der Waals surface area contributed by atoms with Crippen LogP contribution in [0.25, 0.3) is 10.9 Å². The molecule has 120 valence electrons. The Kier molecular flexibility index (Phi) is 3.63. The van der Waals surface area contributed by atoms with Crippen molar-refractivity contribution in [3.8, 4) is 11.5 Å². The highest BCUT2D eigenvalue weighted by Crippen LogP contribution is 2.35. The lowest BCUT2D eigenvalue weighted by molar-refractivity contribution is 0.174. The fraction of sp³-hybridized carbons (Fsp3) is 0.111. The normalized spacial score (nSPS) is 12.2. The van der Waals surface area contributed by atoms with Crippen LogP contribution in [0, 0.1) is 0 Å². The lowest BCUT2D eigenvalue weighted by Crippen LogP contribution is -2.05. The van der Waals surface area contributed by atoms with E-state index in [2.05, 4.69) is 27.2 Å². The molecule has 0 saturated heterocycles. The summed E-state index contributed by atoms with van der Waals surface area (Å²) in [5.74, 6) is 2.74. The Labute approximate surface area is 139 Å². The van der Waals surface area contributed by atoms with E-state index in [1.807, 2.05) is 42.5 Å². The molecule has 2 N–H and O–H groups in total. The molecule has 0 aliphatic carbocycles. The number of aromatic nitrogens is 2. The predicted molar refractivity (Wildman–Crippen MR) is 94.1 cm³/mol. The summed E-state index contributed by atoms with van der Waals surface area (Å²) in [7, 11) is 0. The van der Waals surface area contributed by atoms with Gasteiger partial charge in [0.15, 0.2) is 11.5 Å². The van der Waals surface area contributed by atoms with Crippen LogP contribution in [0.3, 0.4) is 0 Å². The Balaban J connectivity index is 1.69. The second-order valence-corrected chi connectivity index (χ2v) is 5.28. The summed E-state index contributed by atoms with van der Waals surface area (Å²) in [6.07, 6.45) is 1.79. The average molecular weight is 320 g/mol. The Hall–Kier alpha value is -3.28. The minimum absolute atomic E-state index is 0.251. The van der Waals surface area contributed by atoms with Crippen LogP contribution in [-0.2, 0) is 0 Å². The SMILES string of the molecule is C=CCNc1nc(Nc2ccc3c(c2)OCO3)nc2ccccc12. The van der Waals surface area contributed by atoms with Crippen molar-refractivity contribution < 1.29 is 9.47 Å². The minimum atomic E-state index is 0.251. The zero-order valence-corrected chi connectivity index (χ0v) is 13.0. The molecule has 4 rings (SSSR count). The molecule has 0 spiro atoms. The van der Waals surface area contributed by atoms with Gasteiger partial charge in [-0.15, -0.1) is 6.58 Å². The Morgan fingerprint density at radius 1 is 1.08 bits per heavy atom. The summed E-state index contributed by atoms with van der Waals surface area (Å²) < 4.78 is 10.7. The average Bonchev–Trinajstić information content (AvgIpc) is 3.07. The molecule has 0 radical (unpaired) electrons. The molecule has 0 fully saturated rings. The van der Waals surface area contributed by atoms with Crippen LogP contribution < -0.4 is 20.1 Å². The molecule has 6 nitrogen and oxygen atoms in total. The topological polar surface area (TPSA) is 68.3 Å². The molecule has 24 heavy (non-hydrogen) atoms. The predicted octanol–water partition coefficient (Wildman–Crippen LogP) is 3.70. The van der Waals surface area contributed by atoms with E-state index in [-0.39, 0.29) is 6.79 Å². The smallest absolute Gasteiger partial charge is 0.231 e. The molecule has 3 aromatic rings. The fourth-order valence-corrected chi connectivity index (χ4v) is 2.54. The Morgan fingerprint density at radius 2 is 1.96 bits per heavy atom. The number of hydrogen-bond acceptors (Lipinski definition) is 6. The van der Waals surface area contributed by atoms with Crippen molar-refractivity contribution in [3.05, 3.63) is 55.1 Å². The monoisotopic (exact) mass is 320 g/mol. The van der Waals surface area contributed by atoms with Gasteiger partial charge >= 0.3 is 0 Å². The van der Waals surface area contributed by atoms with Crippen molar-refractivity contribution in [1.29, 1.82) is 0 Å². The first-order chi connectivity index (χ1) is 11.8. The van der Waals surface area contributed by atoms with Crippen molar-refractivity contribution in [2.45, 2.75) is 0 Å². The van der Waals surface area contributed by atoms with Gasteiger partial charge < -0.3 is 20.1 Å². The van der Waals surface area contributed by atoms with E-state index in [0.717, 1.165) is 28.2 Å². The summed E-state index contributed by atoms with van der Waals surface area (Å²) in [4.78, 5) is 9.15. The first-order valence-corrected chi connectivity index (χ1v) is 7.62. The second kappa shape index (κ2) is 6.08. The first kappa shape index (κ1) is 14.3. The molecule has 2 heterocycles. The zero-order chi connectivity index (χ0) is 16.4. The molecule has 0 amide bonds. The van der Waals surface area contributed by atoms with Crippen LogP contribution in [0.15, 0.2) is 55.1 Å². The van der Waals surface area contributed by atoms with Gasteiger partial charge in [-0.2, -0.15) is 4.98 Å². The summed E-state index contributed by atoms with van der Waals surface area (Å²) in [5, 5.41) is 7.44. The van der Waals surface area contributed by atoms with Crippen molar-refractivity contribution >= 4 is 28.4 Å². The first-order valence-electron chi connectivity index (χ1n) is 7.62. The van der Waals surface area contributed by atoms with E-state index in [9.17, 15) is 0 Å². The van der Waals surface area contributed by atoms with Crippen LogP contribution in [0.2, 0.25) is 0 Å². The number of nitrogens with zero attached hydrogens (tertiary/aromatic N) is 2. The van der Waals surface area contributed by atoms with Crippen molar-refractivity contribution in [1.82, 2.24) is 9.97 Å². The standard InChI is InChI=1S/C18H16N4O2/c1-2-9-19-17-13-5-3-4-6-14(13)21-18(22-17)20-12-7-8-15-16(10-12)24-11-23-15/h2-8,10H,1,9,11H2,(H2,19,20,21,22). The molecule has 0 unspecified atom stereocenters. The van der Waals surface area contributed by atoms with E-state index >= 15 is 0 Å². The summed E-state index contributed by atoms with van der Waals surface area (Å²) in [5.41, 5.74) is 1.70. The van der Waals surface area contributed by atoms with E-state index in [4.69, 9.17) is 9.47 Å². The van der Waals surface area contributed by atoms with Gasteiger partial charge in [0.2, 0.25) is 12.7 Å². The Morgan fingerprint density at radius 3 is 2.88 bits per heavy atom. The lowest BCUT2D eigenvalue weighted by Gasteiger charge is -2.11. The van der Waals surface area contributed by atoms with Crippen LogP contribution >= 0.6 is 0 Å². The summed E-state index contributed by atoms with van der Waals surface area (Å²) in [6.45, 7) is 4.61. The second-order valence-electron chi connectivity index (χ2n) is 5.28. The number of rotatable bonds is 5. The highest BCUT2D eigenvalue weighted by atomic mass is 16.7. The maximum absolute atomic E-state index is 5.40. The van der Waals surface area contributed by atoms with Crippen LogP contribution in [0.5, 0.6) is 11.5 Å². The summed E-state index contributed by atoms with van der Waals surface area (Å²) >= 11 is 0. The summed E-state index contributed by atoms with van der Waals surface area (Å²) in [6, 6.07) is 13.5. The fourth-order valence-electron chi connectivity index (χ4n) is 2.54. The van der Waals surface area contributed by atoms with Gasteiger partial charge in [0.1, 0.15) is 5.82 Å². The largest absolute Gasteiger partial charge is 0.454 e. The molecule has 0 atom stereocenters. The molecule has 0 bridgehead atoms.